The minimum atomic E-state index is -0.198. The Hall–Kier alpha value is -1.21. The van der Waals surface area contributed by atoms with E-state index in [0.29, 0.717) is 11.2 Å². The van der Waals surface area contributed by atoms with E-state index in [-0.39, 0.29) is 18.2 Å². The number of benzene rings is 1. The maximum atomic E-state index is 13.1. The third-order valence-electron chi connectivity index (χ3n) is 3.94. The van der Waals surface area contributed by atoms with Crippen LogP contribution in [-0.4, -0.2) is 29.1 Å². The lowest BCUT2D eigenvalue weighted by atomic mass is 10.1. The molecule has 0 amide bonds. The Morgan fingerprint density at radius 3 is 2.52 bits per heavy atom. The number of nitrogen functional groups attached to an aromatic ring is 1. The molecule has 0 spiro atoms. The highest BCUT2D eigenvalue weighted by atomic mass is 35.5. The number of hydrogen-bond donors (Lipinski definition) is 1. The van der Waals surface area contributed by atoms with Crippen LogP contribution in [0.25, 0.3) is 0 Å². The molecule has 2 N–H and O–H groups in total. The number of rotatable bonds is 5. The van der Waals surface area contributed by atoms with Gasteiger partial charge in [0.1, 0.15) is 5.82 Å². The Bertz CT molecular complexity index is 602. The summed E-state index contributed by atoms with van der Waals surface area (Å²) in [6, 6.07) is 7.21. The summed E-state index contributed by atoms with van der Waals surface area (Å²) >= 11 is 1.53. The van der Waals surface area contributed by atoms with Crippen molar-refractivity contribution in [1.29, 1.82) is 0 Å². The third-order valence-corrected chi connectivity index (χ3v) is 4.75. The summed E-state index contributed by atoms with van der Waals surface area (Å²) in [5.74, 6) is -0.198. The van der Waals surface area contributed by atoms with Crippen LogP contribution in [0.2, 0.25) is 0 Å². The monoisotopic (exact) mass is 357 g/mol. The first-order chi connectivity index (χ1) is 10.7. The Labute approximate surface area is 145 Å². The molecule has 1 aromatic heterocycles. The molecule has 1 aliphatic rings. The second kappa shape index (κ2) is 8.59. The maximum Gasteiger partial charge on any atom is 0.180 e. The fourth-order valence-corrected chi connectivity index (χ4v) is 3.49. The number of nitrogens with zero attached hydrogens (tertiary/aromatic N) is 2. The maximum absolute atomic E-state index is 13.1. The minimum Gasteiger partial charge on any atom is -0.381 e. The zero-order valence-electron chi connectivity index (χ0n) is 12.8. The lowest BCUT2D eigenvalue weighted by molar-refractivity contribution is 0.0281. The van der Waals surface area contributed by atoms with E-state index < -0.39 is 0 Å². The molecule has 1 fully saturated rings. The van der Waals surface area contributed by atoms with Gasteiger partial charge in [-0.2, -0.15) is 0 Å². The van der Waals surface area contributed by atoms with Gasteiger partial charge >= 0.3 is 0 Å². The van der Waals surface area contributed by atoms with Crippen LogP contribution in [-0.2, 0) is 17.8 Å². The van der Waals surface area contributed by atoms with Crippen LogP contribution >= 0.6 is 23.7 Å². The van der Waals surface area contributed by atoms with E-state index in [1.165, 1.54) is 23.5 Å². The van der Waals surface area contributed by atoms with Crippen molar-refractivity contribution in [1.82, 2.24) is 9.88 Å². The molecule has 0 atom stereocenters. The SMILES string of the molecule is Cl.Nc1ncc(CN(Cc2ccc(F)cc2)C2CCOCC2)s1. The van der Waals surface area contributed by atoms with Gasteiger partial charge in [0.25, 0.3) is 0 Å². The molecular formula is C16H21ClFN3OS. The van der Waals surface area contributed by atoms with Gasteiger partial charge < -0.3 is 10.5 Å². The van der Waals surface area contributed by atoms with Gasteiger partial charge in [-0.1, -0.05) is 12.1 Å². The standard InChI is InChI=1S/C16H20FN3OS.ClH/c17-13-3-1-12(2-4-13)10-20(14-5-7-21-8-6-14)11-15-9-19-16(18)22-15;/h1-4,9,14H,5-8,10-11H2,(H2,18,19);1H. The molecule has 23 heavy (non-hydrogen) atoms. The molecule has 0 bridgehead atoms. The topological polar surface area (TPSA) is 51.4 Å². The van der Waals surface area contributed by atoms with E-state index >= 15 is 0 Å². The molecule has 126 valence electrons. The van der Waals surface area contributed by atoms with E-state index in [9.17, 15) is 4.39 Å². The molecule has 0 saturated carbocycles. The van der Waals surface area contributed by atoms with Crippen molar-refractivity contribution in [3.8, 4) is 0 Å². The Balaban J connectivity index is 0.00000192. The molecule has 1 aliphatic heterocycles. The molecule has 0 radical (unpaired) electrons. The zero-order valence-corrected chi connectivity index (χ0v) is 14.4. The summed E-state index contributed by atoms with van der Waals surface area (Å²) in [5.41, 5.74) is 6.85. The molecule has 7 heteroatoms. The largest absolute Gasteiger partial charge is 0.381 e. The lowest BCUT2D eigenvalue weighted by Crippen LogP contribution is -2.38. The molecule has 1 saturated heterocycles. The van der Waals surface area contributed by atoms with Crippen LogP contribution in [0.4, 0.5) is 9.52 Å². The normalized spacial score (nSPS) is 15.6. The zero-order chi connectivity index (χ0) is 15.4. The molecular weight excluding hydrogens is 337 g/mol. The minimum absolute atomic E-state index is 0. The average molecular weight is 358 g/mol. The van der Waals surface area contributed by atoms with Crippen LogP contribution < -0.4 is 5.73 Å². The summed E-state index contributed by atoms with van der Waals surface area (Å²) in [5, 5.41) is 0.601. The van der Waals surface area contributed by atoms with Crippen molar-refractivity contribution >= 4 is 28.9 Å². The highest BCUT2D eigenvalue weighted by molar-refractivity contribution is 7.15. The summed E-state index contributed by atoms with van der Waals surface area (Å²) in [4.78, 5) is 7.71. The predicted molar refractivity (Wildman–Crippen MR) is 93.3 cm³/mol. The Morgan fingerprint density at radius 1 is 1.22 bits per heavy atom. The number of anilines is 1. The van der Waals surface area contributed by atoms with Gasteiger partial charge in [0.15, 0.2) is 5.13 Å². The van der Waals surface area contributed by atoms with Gasteiger partial charge in [0.05, 0.1) is 0 Å². The smallest absolute Gasteiger partial charge is 0.180 e. The number of ether oxygens (including phenoxy) is 1. The fourth-order valence-electron chi connectivity index (χ4n) is 2.78. The molecule has 4 nitrogen and oxygen atoms in total. The fraction of sp³-hybridized carbons (Fsp3) is 0.438. The van der Waals surface area contributed by atoms with E-state index in [4.69, 9.17) is 10.5 Å². The molecule has 2 heterocycles. The quantitative estimate of drug-likeness (QED) is 0.890. The molecule has 0 unspecified atom stereocenters. The number of hydrogen-bond acceptors (Lipinski definition) is 5. The van der Waals surface area contributed by atoms with Crippen molar-refractivity contribution in [2.75, 3.05) is 18.9 Å². The number of halogens is 2. The van der Waals surface area contributed by atoms with Crippen LogP contribution in [0.1, 0.15) is 23.3 Å². The second-order valence-corrected chi connectivity index (χ2v) is 6.69. The lowest BCUT2D eigenvalue weighted by Gasteiger charge is -2.34. The highest BCUT2D eigenvalue weighted by Gasteiger charge is 2.22. The summed E-state index contributed by atoms with van der Waals surface area (Å²) in [6.07, 6.45) is 3.89. The van der Waals surface area contributed by atoms with Crippen molar-refractivity contribution < 1.29 is 9.13 Å². The van der Waals surface area contributed by atoms with Gasteiger partial charge in [-0.15, -0.1) is 23.7 Å². The van der Waals surface area contributed by atoms with Crippen LogP contribution in [0.15, 0.2) is 30.5 Å². The Morgan fingerprint density at radius 2 is 1.91 bits per heavy atom. The van der Waals surface area contributed by atoms with Crippen molar-refractivity contribution in [2.45, 2.75) is 32.0 Å². The van der Waals surface area contributed by atoms with Gasteiger partial charge in [-0.05, 0) is 30.5 Å². The third kappa shape index (κ3) is 5.14. The van der Waals surface area contributed by atoms with Crippen molar-refractivity contribution in [2.24, 2.45) is 0 Å². The van der Waals surface area contributed by atoms with Gasteiger partial charge in [0, 0.05) is 43.4 Å². The number of aromatic nitrogens is 1. The van der Waals surface area contributed by atoms with Crippen LogP contribution in [0.3, 0.4) is 0 Å². The van der Waals surface area contributed by atoms with E-state index in [0.717, 1.165) is 49.6 Å². The van der Waals surface area contributed by atoms with E-state index in [1.807, 2.05) is 18.3 Å². The van der Waals surface area contributed by atoms with Gasteiger partial charge in [0.2, 0.25) is 0 Å². The second-order valence-electron chi connectivity index (χ2n) is 5.54. The average Bonchev–Trinajstić information content (AvgIpc) is 2.95. The van der Waals surface area contributed by atoms with Crippen LogP contribution in [0, 0.1) is 5.82 Å². The van der Waals surface area contributed by atoms with Crippen molar-refractivity contribution in [3.05, 3.63) is 46.7 Å². The van der Waals surface area contributed by atoms with E-state index in [2.05, 4.69) is 9.88 Å². The number of nitrogens with two attached hydrogens (primary N) is 1. The summed E-state index contributed by atoms with van der Waals surface area (Å²) < 4.78 is 18.5. The predicted octanol–water partition coefficient (Wildman–Crippen LogP) is 3.47. The first kappa shape index (κ1) is 18.1. The Kier molecular flexibility index (Phi) is 6.77. The van der Waals surface area contributed by atoms with Crippen molar-refractivity contribution in [3.63, 3.8) is 0 Å². The van der Waals surface area contributed by atoms with Crippen LogP contribution in [0.5, 0.6) is 0 Å². The summed E-state index contributed by atoms with van der Waals surface area (Å²) in [7, 11) is 0. The van der Waals surface area contributed by atoms with E-state index in [1.54, 1.807) is 0 Å². The molecule has 0 aliphatic carbocycles. The molecule has 1 aromatic carbocycles. The first-order valence-electron chi connectivity index (χ1n) is 7.47. The number of thiazole rings is 1. The first-order valence-corrected chi connectivity index (χ1v) is 8.29. The molecule has 2 aromatic rings. The van der Waals surface area contributed by atoms with Gasteiger partial charge in [-0.3, -0.25) is 4.90 Å². The molecule has 3 rings (SSSR count). The van der Waals surface area contributed by atoms with Gasteiger partial charge in [-0.25, -0.2) is 9.37 Å². The highest BCUT2D eigenvalue weighted by Crippen LogP contribution is 2.23. The summed E-state index contributed by atoms with van der Waals surface area (Å²) in [6.45, 7) is 3.21.